The Morgan fingerprint density at radius 2 is 2.38 bits per heavy atom. The minimum Gasteiger partial charge on any atom is -0.379 e. The van der Waals surface area contributed by atoms with Crippen molar-refractivity contribution in [1.29, 1.82) is 0 Å². The average Bonchev–Trinajstić information content (AvgIpc) is 3.21. The van der Waals surface area contributed by atoms with E-state index in [0.717, 1.165) is 43.9 Å². The van der Waals surface area contributed by atoms with Gasteiger partial charge in [-0.3, -0.25) is 0 Å². The number of ether oxygens (including phenoxy) is 1. The van der Waals surface area contributed by atoms with Gasteiger partial charge in [0.25, 0.3) is 0 Å². The Morgan fingerprint density at radius 3 is 3.00 bits per heavy atom. The molecule has 0 atom stereocenters. The van der Waals surface area contributed by atoms with E-state index in [-0.39, 0.29) is 0 Å². The zero-order valence-electron chi connectivity index (χ0n) is 13.3. The Hall–Kier alpha value is -1.14. The number of guanidine groups is 1. The maximum Gasteiger partial charge on any atom is 0.194 e. The highest BCUT2D eigenvalue weighted by molar-refractivity contribution is 7.09. The number of rotatable bonds is 8. The van der Waals surface area contributed by atoms with Crippen LogP contribution in [0.2, 0.25) is 0 Å². The van der Waals surface area contributed by atoms with Crippen molar-refractivity contribution >= 4 is 17.3 Å². The Kier molecular flexibility index (Phi) is 6.45. The second-order valence-corrected chi connectivity index (χ2v) is 6.41. The van der Waals surface area contributed by atoms with Gasteiger partial charge in [0, 0.05) is 31.6 Å². The molecule has 0 aromatic carbocycles. The smallest absolute Gasteiger partial charge is 0.194 e. The lowest BCUT2D eigenvalue weighted by Crippen LogP contribution is -2.40. The molecule has 1 saturated carbocycles. The lowest BCUT2D eigenvalue weighted by atomic mass is 10.4. The quantitative estimate of drug-likeness (QED) is 0.455. The highest BCUT2D eigenvalue weighted by atomic mass is 32.1. The van der Waals surface area contributed by atoms with Crippen molar-refractivity contribution in [2.45, 2.75) is 33.2 Å². The van der Waals surface area contributed by atoms with Crippen LogP contribution >= 0.6 is 11.3 Å². The van der Waals surface area contributed by atoms with Crippen LogP contribution < -0.4 is 5.32 Å². The first-order valence-electron chi connectivity index (χ1n) is 7.66. The van der Waals surface area contributed by atoms with Gasteiger partial charge >= 0.3 is 0 Å². The summed E-state index contributed by atoms with van der Waals surface area (Å²) in [5.74, 6) is 1.76. The van der Waals surface area contributed by atoms with Crippen LogP contribution in [0.25, 0.3) is 0 Å². The maximum absolute atomic E-state index is 5.69. The second kappa shape index (κ2) is 8.34. The third-order valence-electron chi connectivity index (χ3n) is 3.54. The van der Waals surface area contributed by atoms with Crippen LogP contribution in [0.15, 0.2) is 10.5 Å². The van der Waals surface area contributed by atoms with Crippen LogP contribution in [0.4, 0.5) is 0 Å². The fraction of sp³-hybridized carbons (Fsp3) is 0.733. The number of hydrogen-bond donors (Lipinski definition) is 1. The van der Waals surface area contributed by atoms with Gasteiger partial charge in [-0.15, -0.1) is 11.3 Å². The molecule has 0 aliphatic heterocycles. The van der Waals surface area contributed by atoms with E-state index in [9.17, 15) is 0 Å². The van der Waals surface area contributed by atoms with E-state index in [2.05, 4.69) is 34.2 Å². The van der Waals surface area contributed by atoms with E-state index in [0.29, 0.717) is 6.54 Å². The third kappa shape index (κ3) is 5.63. The highest BCUT2D eigenvalue weighted by Crippen LogP contribution is 2.28. The van der Waals surface area contributed by atoms with Gasteiger partial charge in [-0.05, 0) is 32.6 Å². The summed E-state index contributed by atoms with van der Waals surface area (Å²) in [7, 11) is 2.06. The summed E-state index contributed by atoms with van der Waals surface area (Å²) in [6, 6.07) is 0. The SMILES string of the molecule is CCNC(=NCc1scnc1C)N(C)CCOCC1CC1. The van der Waals surface area contributed by atoms with Crippen molar-refractivity contribution in [2.24, 2.45) is 10.9 Å². The van der Waals surface area contributed by atoms with Gasteiger partial charge < -0.3 is 15.0 Å². The largest absolute Gasteiger partial charge is 0.379 e. The van der Waals surface area contributed by atoms with Crippen LogP contribution in [0.1, 0.15) is 30.3 Å². The van der Waals surface area contributed by atoms with E-state index in [1.165, 1.54) is 17.7 Å². The van der Waals surface area contributed by atoms with Crippen LogP contribution in [0, 0.1) is 12.8 Å². The van der Waals surface area contributed by atoms with Gasteiger partial charge in [0.15, 0.2) is 5.96 Å². The molecule has 1 aromatic rings. The highest BCUT2D eigenvalue weighted by Gasteiger charge is 2.21. The topological polar surface area (TPSA) is 49.8 Å². The van der Waals surface area contributed by atoms with Gasteiger partial charge in [-0.25, -0.2) is 9.98 Å². The first kappa shape index (κ1) is 16.2. The molecule has 0 saturated heterocycles. The Labute approximate surface area is 131 Å². The summed E-state index contributed by atoms with van der Waals surface area (Å²) in [4.78, 5) is 12.3. The molecule has 1 aliphatic carbocycles. The van der Waals surface area contributed by atoms with Crippen molar-refractivity contribution in [3.63, 3.8) is 0 Å². The molecule has 0 unspecified atom stereocenters. The maximum atomic E-state index is 5.69. The van der Waals surface area contributed by atoms with E-state index in [1.54, 1.807) is 11.3 Å². The summed E-state index contributed by atoms with van der Waals surface area (Å²) in [6.45, 7) is 8.22. The number of nitrogens with zero attached hydrogens (tertiary/aromatic N) is 3. The molecule has 0 spiro atoms. The predicted octanol–water partition coefficient (Wildman–Crippen LogP) is 2.28. The molecule has 1 fully saturated rings. The molecule has 5 nitrogen and oxygen atoms in total. The molecule has 1 aliphatic rings. The van der Waals surface area contributed by atoms with Crippen molar-refractivity contribution in [3.05, 3.63) is 16.1 Å². The lowest BCUT2D eigenvalue weighted by molar-refractivity contribution is 0.115. The third-order valence-corrected chi connectivity index (χ3v) is 4.46. The number of aryl methyl sites for hydroxylation is 1. The predicted molar refractivity (Wildman–Crippen MR) is 87.8 cm³/mol. The molecule has 0 bridgehead atoms. The van der Waals surface area contributed by atoms with E-state index in [4.69, 9.17) is 4.74 Å². The molecule has 1 aromatic heterocycles. The fourth-order valence-electron chi connectivity index (χ4n) is 1.94. The number of hydrogen-bond acceptors (Lipinski definition) is 4. The molecule has 118 valence electrons. The Bertz CT molecular complexity index is 456. The molecular weight excluding hydrogens is 284 g/mol. The summed E-state index contributed by atoms with van der Waals surface area (Å²) >= 11 is 1.66. The first-order valence-corrected chi connectivity index (χ1v) is 8.54. The number of aliphatic imine (C=N–C) groups is 1. The monoisotopic (exact) mass is 310 g/mol. The average molecular weight is 310 g/mol. The van der Waals surface area contributed by atoms with Crippen LogP contribution in [0.5, 0.6) is 0 Å². The first-order chi connectivity index (χ1) is 10.2. The molecule has 6 heteroatoms. The molecule has 0 radical (unpaired) electrons. The summed E-state index contributed by atoms with van der Waals surface area (Å²) < 4.78 is 5.69. The number of likely N-dealkylation sites (N-methyl/N-ethyl adjacent to an activating group) is 1. The van der Waals surface area contributed by atoms with Gasteiger partial charge in [-0.2, -0.15) is 0 Å². The van der Waals surface area contributed by atoms with Crippen LogP contribution in [0.3, 0.4) is 0 Å². The molecule has 1 N–H and O–H groups in total. The number of aromatic nitrogens is 1. The molecular formula is C15H26N4OS. The Morgan fingerprint density at radius 1 is 1.57 bits per heavy atom. The number of thiazole rings is 1. The summed E-state index contributed by atoms with van der Waals surface area (Å²) in [5.41, 5.74) is 2.96. The minimum atomic E-state index is 0.687. The zero-order chi connectivity index (χ0) is 15.1. The van der Waals surface area contributed by atoms with E-state index >= 15 is 0 Å². The lowest BCUT2D eigenvalue weighted by Gasteiger charge is -2.22. The van der Waals surface area contributed by atoms with E-state index in [1.807, 2.05) is 12.4 Å². The van der Waals surface area contributed by atoms with Crippen LogP contribution in [-0.4, -0.2) is 49.2 Å². The molecule has 1 heterocycles. The van der Waals surface area contributed by atoms with Gasteiger partial charge in [0.2, 0.25) is 0 Å². The minimum absolute atomic E-state index is 0.687. The normalized spacial score (nSPS) is 15.3. The fourth-order valence-corrected chi connectivity index (χ4v) is 2.64. The van der Waals surface area contributed by atoms with Gasteiger partial charge in [0.1, 0.15) is 0 Å². The Balaban J connectivity index is 1.79. The molecule has 21 heavy (non-hydrogen) atoms. The van der Waals surface area contributed by atoms with Crippen molar-refractivity contribution < 1.29 is 4.74 Å². The molecule has 0 amide bonds. The van der Waals surface area contributed by atoms with Gasteiger partial charge in [0.05, 0.1) is 24.4 Å². The molecule has 2 rings (SSSR count). The summed E-state index contributed by atoms with van der Waals surface area (Å²) in [6.07, 6.45) is 2.68. The summed E-state index contributed by atoms with van der Waals surface area (Å²) in [5, 5.41) is 3.33. The second-order valence-electron chi connectivity index (χ2n) is 5.47. The van der Waals surface area contributed by atoms with Crippen molar-refractivity contribution in [1.82, 2.24) is 15.2 Å². The van der Waals surface area contributed by atoms with Gasteiger partial charge in [-0.1, -0.05) is 0 Å². The zero-order valence-corrected chi connectivity index (χ0v) is 14.1. The van der Waals surface area contributed by atoms with E-state index < -0.39 is 0 Å². The van der Waals surface area contributed by atoms with Crippen molar-refractivity contribution in [3.8, 4) is 0 Å². The van der Waals surface area contributed by atoms with Crippen molar-refractivity contribution in [2.75, 3.05) is 33.4 Å². The van der Waals surface area contributed by atoms with Crippen LogP contribution in [-0.2, 0) is 11.3 Å². The number of nitrogens with one attached hydrogen (secondary N) is 1. The standard InChI is InChI=1S/C15H26N4OS/c1-4-16-15(17-9-14-12(2)18-11-21-14)19(3)7-8-20-10-13-5-6-13/h11,13H,4-10H2,1-3H3,(H,16,17).